The van der Waals surface area contributed by atoms with Gasteiger partial charge in [-0.2, -0.15) is 10.5 Å². The van der Waals surface area contributed by atoms with E-state index in [-0.39, 0.29) is 5.57 Å². The van der Waals surface area contributed by atoms with Crippen LogP contribution in [-0.2, 0) is 0 Å². The van der Waals surface area contributed by atoms with Gasteiger partial charge in [-0.3, -0.25) is 0 Å². The van der Waals surface area contributed by atoms with Crippen LogP contribution in [0, 0.1) is 34.5 Å². The number of nitrogens with zero attached hydrogens (tertiary/aromatic N) is 3. The molecule has 3 nitrogen and oxygen atoms in total. The Morgan fingerprint density at radius 1 is 1.11 bits per heavy atom. The standard InChI is InChI=1S/C16H13N3/c1-19(2)16-10-8-14(9-11-16)6-4-3-5-7-15(12-17)13-18/h3,5,7-11H,1-2H3/b5-3+. The molecule has 3 heteroatoms. The Balaban J connectivity index is 2.70. The van der Waals surface area contributed by atoms with Crippen LogP contribution in [0.15, 0.2) is 48.1 Å². The number of allylic oxidation sites excluding steroid dienone is 4. The quantitative estimate of drug-likeness (QED) is 0.458. The van der Waals surface area contributed by atoms with E-state index in [0.29, 0.717) is 0 Å². The second-order valence-electron chi connectivity index (χ2n) is 3.87. The molecule has 0 heterocycles. The minimum Gasteiger partial charge on any atom is -0.378 e. The predicted molar refractivity (Wildman–Crippen MR) is 76.1 cm³/mol. The summed E-state index contributed by atoms with van der Waals surface area (Å²) < 4.78 is 0. The molecular weight excluding hydrogens is 234 g/mol. The minimum atomic E-state index is 0.0633. The third-order valence-electron chi connectivity index (χ3n) is 2.28. The van der Waals surface area contributed by atoms with E-state index in [2.05, 4.69) is 11.8 Å². The van der Waals surface area contributed by atoms with Gasteiger partial charge in [0.25, 0.3) is 0 Å². The van der Waals surface area contributed by atoms with Crippen LogP contribution in [0.25, 0.3) is 0 Å². The average molecular weight is 247 g/mol. The molecule has 0 bridgehead atoms. The lowest BCUT2D eigenvalue weighted by atomic mass is 10.2. The van der Waals surface area contributed by atoms with E-state index in [1.54, 1.807) is 24.3 Å². The second kappa shape index (κ2) is 7.38. The molecule has 1 aromatic carbocycles. The Morgan fingerprint density at radius 2 is 1.74 bits per heavy atom. The topological polar surface area (TPSA) is 50.8 Å². The Morgan fingerprint density at radius 3 is 2.26 bits per heavy atom. The summed E-state index contributed by atoms with van der Waals surface area (Å²) in [5, 5.41) is 17.0. The van der Waals surface area contributed by atoms with E-state index in [1.807, 2.05) is 43.3 Å². The summed E-state index contributed by atoms with van der Waals surface area (Å²) in [5.74, 6) is 5.82. The van der Waals surface area contributed by atoms with E-state index >= 15 is 0 Å². The van der Waals surface area contributed by atoms with Crippen molar-refractivity contribution in [3.8, 4) is 24.0 Å². The normalized spacial score (nSPS) is 8.84. The summed E-state index contributed by atoms with van der Waals surface area (Å²) in [7, 11) is 3.97. The number of anilines is 1. The molecule has 92 valence electrons. The SMILES string of the molecule is CN(C)c1ccc(C#C/C=C/C=C(C#N)C#N)cc1. The number of rotatable bonds is 2. The van der Waals surface area contributed by atoms with Crippen molar-refractivity contribution < 1.29 is 0 Å². The fraction of sp³-hybridized carbons (Fsp3) is 0.125. The zero-order chi connectivity index (χ0) is 14.1. The molecule has 0 aliphatic heterocycles. The Bertz CT molecular complexity index is 608. The van der Waals surface area contributed by atoms with Crippen LogP contribution in [0.2, 0.25) is 0 Å². The highest BCUT2D eigenvalue weighted by atomic mass is 15.1. The first-order chi connectivity index (χ1) is 9.17. The highest BCUT2D eigenvalue weighted by Crippen LogP contribution is 2.11. The largest absolute Gasteiger partial charge is 0.378 e. The van der Waals surface area contributed by atoms with Crippen LogP contribution in [0.1, 0.15) is 5.56 Å². The monoisotopic (exact) mass is 247 g/mol. The van der Waals surface area contributed by atoms with E-state index in [1.165, 1.54) is 6.08 Å². The van der Waals surface area contributed by atoms with Crippen LogP contribution in [0.4, 0.5) is 5.69 Å². The molecule has 0 saturated heterocycles. The molecule has 1 rings (SSSR count). The maximum Gasteiger partial charge on any atom is 0.129 e. The first-order valence-corrected chi connectivity index (χ1v) is 5.63. The molecule has 0 aromatic heterocycles. The lowest BCUT2D eigenvalue weighted by molar-refractivity contribution is 1.13. The van der Waals surface area contributed by atoms with E-state index in [0.717, 1.165) is 11.3 Å². The van der Waals surface area contributed by atoms with Gasteiger partial charge < -0.3 is 4.90 Å². The van der Waals surface area contributed by atoms with Gasteiger partial charge in [-0.25, -0.2) is 0 Å². The van der Waals surface area contributed by atoms with Crippen LogP contribution < -0.4 is 4.90 Å². The van der Waals surface area contributed by atoms with Crippen molar-refractivity contribution in [2.75, 3.05) is 19.0 Å². The zero-order valence-electron chi connectivity index (χ0n) is 10.9. The second-order valence-corrected chi connectivity index (χ2v) is 3.87. The molecule has 0 amide bonds. The first kappa shape index (κ1) is 14.1. The van der Waals surface area contributed by atoms with Crippen LogP contribution in [0.5, 0.6) is 0 Å². The fourth-order valence-electron chi connectivity index (χ4n) is 1.26. The molecular formula is C16H13N3. The molecule has 1 aromatic rings. The van der Waals surface area contributed by atoms with E-state index < -0.39 is 0 Å². The van der Waals surface area contributed by atoms with Gasteiger partial charge in [0.2, 0.25) is 0 Å². The summed E-state index contributed by atoms with van der Waals surface area (Å²) in [5.41, 5.74) is 2.10. The molecule has 0 unspecified atom stereocenters. The molecule has 0 atom stereocenters. The fourth-order valence-corrected chi connectivity index (χ4v) is 1.26. The molecule has 0 aliphatic rings. The van der Waals surface area contributed by atoms with Crippen molar-refractivity contribution in [2.45, 2.75) is 0 Å². The average Bonchev–Trinajstić information content (AvgIpc) is 2.43. The van der Waals surface area contributed by atoms with E-state index in [9.17, 15) is 0 Å². The zero-order valence-corrected chi connectivity index (χ0v) is 10.9. The molecule has 0 aliphatic carbocycles. The van der Waals surface area contributed by atoms with Gasteiger partial charge in [-0.15, -0.1) is 0 Å². The van der Waals surface area contributed by atoms with Crippen molar-refractivity contribution in [1.29, 1.82) is 10.5 Å². The molecule has 0 N–H and O–H groups in total. The van der Waals surface area contributed by atoms with Crippen molar-refractivity contribution >= 4 is 5.69 Å². The summed E-state index contributed by atoms with van der Waals surface area (Å²) in [6.45, 7) is 0. The Labute approximate surface area is 113 Å². The van der Waals surface area contributed by atoms with Crippen molar-refractivity contribution in [2.24, 2.45) is 0 Å². The Hall–Kier alpha value is -2.96. The van der Waals surface area contributed by atoms with Gasteiger partial charge in [-0.1, -0.05) is 17.9 Å². The Kier molecular flexibility index (Phi) is 5.48. The highest BCUT2D eigenvalue weighted by Gasteiger charge is 1.92. The predicted octanol–water partition coefficient (Wildman–Crippen LogP) is 2.63. The summed E-state index contributed by atoms with van der Waals surface area (Å²) >= 11 is 0. The summed E-state index contributed by atoms with van der Waals surface area (Å²) in [6, 6.07) is 11.4. The molecule has 0 spiro atoms. The van der Waals surface area contributed by atoms with Crippen LogP contribution in [0.3, 0.4) is 0 Å². The highest BCUT2D eigenvalue weighted by molar-refractivity contribution is 5.50. The van der Waals surface area contributed by atoms with Crippen molar-refractivity contribution in [3.05, 3.63) is 53.6 Å². The van der Waals surface area contributed by atoms with Gasteiger partial charge in [0.1, 0.15) is 17.7 Å². The van der Waals surface area contributed by atoms with Gasteiger partial charge in [-0.05, 0) is 36.4 Å². The number of benzene rings is 1. The minimum absolute atomic E-state index is 0.0633. The van der Waals surface area contributed by atoms with Crippen molar-refractivity contribution in [1.82, 2.24) is 0 Å². The smallest absolute Gasteiger partial charge is 0.129 e. The summed E-state index contributed by atoms with van der Waals surface area (Å²) in [4.78, 5) is 2.02. The maximum atomic E-state index is 8.52. The van der Waals surface area contributed by atoms with Crippen LogP contribution in [-0.4, -0.2) is 14.1 Å². The lowest BCUT2D eigenvalue weighted by Gasteiger charge is -2.11. The van der Waals surface area contributed by atoms with Gasteiger partial charge in [0.05, 0.1) is 0 Å². The summed E-state index contributed by atoms with van der Waals surface area (Å²) in [6.07, 6.45) is 4.63. The van der Waals surface area contributed by atoms with Gasteiger partial charge in [0, 0.05) is 25.3 Å². The molecule has 0 radical (unpaired) electrons. The molecule has 19 heavy (non-hydrogen) atoms. The number of hydrogen-bond acceptors (Lipinski definition) is 3. The molecule has 0 saturated carbocycles. The van der Waals surface area contributed by atoms with E-state index in [4.69, 9.17) is 10.5 Å². The number of nitriles is 2. The first-order valence-electron chi connectivity index (χ1n) is 5.63. The maximum absolute atomic E-state index is 8.52. The van der Waals surface area contributed by atoms with Crippen molar-refractivity contribution in [3.63, 3.8) is 0 Å². The third kappa shape index (κ3) is 4.82. The van der Waals surface area contributed by atoms with Gasteiger partial charge in [0.15, 0.2) is 0 Å². The van der Waals surface area contributed by atoms with Gasteiger partial charge >= 0.3 is 0 Å². The lowest BCUT2D eigenvalue weighted by Crippen LogP contribution is -2.07. The number of hydrogen-bond donors (Lipinski definition) is 0. The molecule has 0 fully saturated rings. The van der Waals surface area contributed by atoms with Crippen LogP contribution >= 0.6 is 0 Å². The third-order valence-corrected chi connectivity index (χ3v) is 2.28.